The minimum absolute atomic E-state index is 0.0806. The fraction of sp³-hybridized carbons (Fsp3) is 0.333. The van der Waals surface area contributed by atoms with Gasteiger partial charge in [0.2, 0.25) is 11.7 Å². The summed E-state index contributed by atoms with van der Waals surface area (Å²) in [6, 6.07) is 4.60. The van der Waals surface area contributed by atoms with Crippen LogP contribution in [0.4, 0.5) is 11.4 Å². The summed E-state index contributed by atoms with van der Waals surface area (Å²) >= 11 is 0. The van der Waals surface area contributed by atoms with Gasteiger partial charge in [0.15, 0.2) is 5.82 Å². The first-order chi connectivity index (χ1) is 12.0. The van der Waals surface area contributed by atoms with Gasteiger partial charge in [-0.2, -0.15) is 10.1 Å². The van der Waals surface area contributed by atoms with Gasteiger partial charge in [-0.05, 0) is 25.0 Å². The summed E-state index contributed by atoms with van der Waals surface area (Å²) in [5, 5.41) is 24.6. The van der Waals surface area contributed by atoms with E-state index in [0.717, 1.165) is 5.69 Å². The Morgan fingerprint density at radius 1 is 1.36 bits per heavy atom. The van der Waals surface area contributed by atoms with E-state index in [4.69, 9.17) is 4.52 Å². The van der Waals surface area contributed by atoms with Gasteiger partial charge in [0.05, 0.1) is 4.92 Å². The highest BCUT2D eigenvalue weighted by Gasteiger charge is 2.24. The Kier molecular flexibility index (Phi) is 4.42. The number of hydrogen-bond acceptors (Lipinski definition) is 8. The molecule has 0 saturated carbocycles. The average molecular weight is 343 g/mol. The van der Waals surface area contributed by atoms with E-state index >= 15 is 0 Å². The van der Waals surface area contributed by atoms with Gasteiger partial charge in [-0.15, -0.1) is 0 Å². The zero-order chi connectivity index (χ0) is 18.0. The van der Waals surface area contributed by atoms with Crippen LogP contribution in [-0.2, 0) is 0 Å². The molecule has 130 valence electrons. The topological polar surface area (TPSA) is 136 Å². The number of nitrogens with one attached hydrogen (secondary N) is 2. The number of benzene rings is 1. The monoisotopic (exact) mass is 343 g/mol. The second kappa shape index (κ2) is 6.67. The fourth-order valence-corrected chi connectivity index (χ4v) is 2.41. The number of aromatic nitrogens is 5. The van der Waals surface area contributed by atoms with Crippen LogP contribution in [0.2, 0.25) is 0 Å². The number of nitro groups is 1. The van der Waals surface area contributed by atoms with Crippen LogP contribution in [0.5, 0.6) is 0 Å². The zero-order valence-corrected chi connectivity index (χ0v) is 13.9. The molecule has 0 aliphatic carbocycles. The summed E-state index contributed by atoms with van der Waals surface area (Å²) in [4.78, 5) is 18.9. The molecule has 25 heavy (non-hydrogen) atoms. The van der Waals surface area contributed by atoms with Gasteiger partial charge in [-0.3, -0.25) is 15.2 Å². The zero-order valence-electron chi connectivity index (χ0n) is 13.9. The second-order valence-corrected chi connectivity index (χ2v) is 5.91. The molecule has 0 spiro atoms. The molecule has 0 fully saturated rings. The molecular formula is C15H17N7O3. The van der Waals surface area contributed by atoms with E-state index in [-0.39, 0.29) is 17.6 Å². The number of H-pyrrole nitrogens is 1. The lowest BCUT2D eigenvalue weighted by Gasteiger charge is -2.20. The second-order valence-electron chi connectivity index (χ2n) is 5.91. The molecule has 0 saturated heterocycles. The third-order valence-corrected chi connectivity index (χ3v) is 3.72. The maximum atomic E-state index is 10.9. The highest BCUT2D eigenvalue weighted by molar-refractivity contribution is 5.54. The largest absolute Gasteiger partial charge is 0.373 e. The van der Waals surface area contributed by atoms with Crippen molar-refractivity contribution >= 4 is 11.4 Å². The highest BCUT2D eigenvalue weighted by Crippen LogP contribution is 2.29. The molecule has 0 amide bonds. The standard InChI is InChI=1S/C15H17N7O3/c1-8(2)12(15-19-14(21-25-15)13-16-7-17-20-13)18-10-4-5-11(22(23)24)9(3)6-10/h4-8,12,18H,1-3H3,(H,16,17,20)/t12-/m1/s1. The summed E-state index contributed by atoms with van der Waals surface area (Å²) in [5.74, 6) is 1.28. The van der Waals surface area contributed by atoms with Crippen molar-refractivity contribution in [3.63, 3.8) is 0 Å². The van der Waals surface area contributed by atoms with Crippen molar-refractivity contribution in [1.82, 2.24) is 25.3 Å². The maximum Gasteiger partial charge on any atom is 0.272 e. The molecule has 10 nitrogen and oxygen atoms in total. The lowest BCUT2D eigenvalue weighted by atomic mass is 10.0. The lowest BCUT2D eigenvalue weighted by molar-refractivity contribution is -0.385. The Hall–Kier alpha value is -3.30. The smallest absolute Gasteiger partial charge is 0.272 e. The van der Waals surface area contributed by atoms with E-state index in [1.54, 1.807) is 19.1 Å². The van der Waals surface area contributed by atoms with Gasteiger partial charge in [0, 0.05) is 17.3 Å². The summed E-state index contributed by atoms with van der Waals surface area (Å²) in [7, 11) is 0. The average Bonchev–Trinajstić information content (AvgIpc) is 3.23. The van der Waals surface area contributed by atoms with Crippen LogP contribution in [0.3, 0.4) is 0 Å². The number of anilines is 1. The van der Waals surface area contributed by atoms with Crippen LogP contribution in [0.15, 0.2) is 29.0 Å². The van der Waals surface area contributed by atoms with Crippen LogP contribution < -0.4 is 5.32 Å². The molecule has 2 heterocycles. The molecular weight excluding hydrogens is 326 g/mol. The lowest BCUT2D eigenvalue weighted by Crippen LogP contribution is -2.17. The first-order valence-corrected chi connectivity index (χ1v) is 7.66. The molecule has 0 unspecified atom stereocenters. The Bertz CT molecular complexity index is 873. The van der Waals surface area contributed by atoms with Crippen LogP contribution in [-0.4, -0.2) is 30.2 Å². The number of hydrogen-bond donors (Lipinski definition) is 2. The van der Waals surface area contributed by atoms with Crippen LogP contribution in [0.1, 0.15) is 31.3 Å². The van der Waals surface area contributed by atoms with Gasteiger partial charge in [0.25, 0.3) is 5.69 Å². The Balaban J connectivity index is 1.85. The Morgan fingerprint density at radius 3 is 2.76 bits per heavy atom. The predicted molar refractivity (Wildman–Crippen MR) is 88.7 cm³/mol. The van der Waals surface area contributed by atoms with Crippen molar-refractivity contribution in [1.29, 1.82) is 0 Å². The molecule has 0 radical (unpaired) electrons. The molecule has 1 aromatic carbocycles. The molecule has 10 heteroatoms. The number of aromatic amines is 1. The van der Waals surface area contributed by atoms with Crippen molar-refractivity contribution in [3.05, 3.63) is 46.1 Å². The van der Waals surface area contributed by atoms with E-state index in [0.29, 0.717) is 23.1 Å². The molecule has 0 aliphatic heterocycles. The van der Waals surface area contributed by atoms with E-state index in [2.05, 4.69) is 30.6 Å². The van der Waals surface area contributed by atoms with Crippen molar-refractivity contribution < 1.29 is 9.45 Å². The maximum absolute atomic E-state index is 10.9. The van der Waals surface area contributed by atoms with Crippen LogP contribution >= 0.6 is 0 Å². The van der Waals surface area contributed by atoms with Crippen molar-refractivity contribution in [3.8, 4) is 11.6 Å². The van der Waals surface area contributed by atoms with Crippen LogP contribution in [0.25, 0.3) is 11.6 Å². The first kappa shape index (κ1) is 16.6. The van der Waals surface area contributed by atoms with Gasteiger partial charge in [-0.1, -0.05) is 19.0 Å². The van der Waals surface area contributed by atoms with Gasteiger partial charge >= 0.3 is 0 Å². The molecule has 2 aromatic heterocycles. The minimum Gasteiger partial charge on any atom is -0.373 e. The summed E-state index contributed by atoms with van der Waals surface area (Å²) in [6.45, 7) is 5.71. The SMILES string of the molecule is Cc1cc(N[C@@H](c2nc(-c3ncn[nH]3)no2)C(C)C)ccc1[N+](=O)[O-]. The third kappa shape index (κ3) is 3.47. The molecule has 3 aromatic rings. The molecule has 3 rings (SSSR count). The van der Waals surface area contributed by atoms with E-state index in [9.17, 15) is 10.1 Å². The Labute approximate surface area is 142 Å². The summed E-state index contributed by atoms with van der Waals surface area (Å²) < 4.78 is 5.36. The van der Waals surface area contributed by atoms with Crippen molar-refractivity contribution in [2.45, 2.75) is 26.8 Å². The third-order valence-electron chi connectivity index (χ3n) is 3.72. The summed E-state index contributed by atoms with van der Waals surface area (Å²) in [5.41, 5.74) is 1.39. The summed E-state index contributed by atoms with van der Waals surface area (Å²) in [6.07, 6.45) is 1.36. The van der Waals surface area contributed by atoms with Gasteiger partial charge < -0.3 is 9.84 Å². The molecule has 0 bridgehead atoms. The molecule has 0 aliphatic rings. The van der Waals surface area contributed by atoms with Gasteiger partial charge in [-0.25, -0.2) is 4.98 Å². The quantitative estimate of drug-likeness (QED) is 0.515. The van der Waals surface area contributed by atoms with Crippen molar-refractivity contribution in [2.75, 3.05) is 5.32 Å². The predicted octanol–water partition coefficient (Wildman–Crippen LogP) is 2.88. The molecule has 1 atom stereocenters. The Morgan fingerprint density at radius 2 is 2.16 bits per heavy atom. The van der Waals surface area contributed by atoms with Gasteiger partial charge in [0.1, 0.15) is 12.4 Å². The number of rotatable bonds is 6. The number of nitro benzene ring substituents is 1. The molecule has 2 N–H and O–H groups in total. The number of nitrogens with zero attached hydrogens (tertiary/aromatic N) is 5. The number of aryl methyl sites for hydroxylation is 1. The fourth-order valence-electron chi connectivity index (χ4n) is 2.41. The first-order valence-electron chi connectivity index (χ1n) is 7.66. The van der Waals surface area contributed by atoms with E-state index in [1.807, 2.05) is 13.8 Å². The highest BCUT2D eigenvalue weighted by atomic mass is 16.6. The van der Waals surface area contributed by atoms with Crippen molar-refractivity contribution in [2.24, 2.45) is 5.92 Å². The van der Waals surface area contributed by atoms with E-state index < -0.39 is 4.92 Å². The van der Waals surface area contributed by atoms with Crippen LogP contribution in [0, 0.1) is 23.0 Å². The van der Waals surface area contributed by atoms with E-state index in [1.165, 1.54) is 12.4 Å². The normalized spacial score (nSPS) is 12.3. The minimum atomic E-state index is -0.402.